The van der Waals surface area contributed by atoms with Crippen molar-refractivity contribution in [3.63, 3.8) is 0 Å². The quantitative estimate of drug-likeness (QED) is 0.412. The third-order valence-electron chi connectivity index (χ3n) is 5.60. The summed E-state index contributed by atoms with van der Waals surface area (Å²) in [7, 11) is 3.19. The van der Waals surface area contributed by atoms with Crippen molar-refractivity contribution in [1.29, 1.82) is 0 Å². The number of carbonyl (C=O) groups excluding carboxylic acids is 1. The average Bonchev–Trinajstić information content (AvgIpc) is 3.53. The van der Waals surface area contributed by atoms with Crippen LogP contribution < -0.4 is 20.1 Å². The van der Waals surface area contributed by atoms with Gasteiger partial charge in [0.2, 0.25) is 5.95 Å². The van der Waals surface area contributed by atoms with E-state index < -0.39 is 6.04 Å². The molecule has 5 rings (SSSR count). The number of fused-ring (bicyclic) bond motifs is 1. The SMILES string of the molecule is COc1cccc(C2C(C(=O)Nc3ccccc3OC)=C(C)Nc3nc(-c4cccs4)nn32)c1. The van der Waals surface area contributed by atoms with Crippen LogP contribution in [0, 0.1) is 0 Å². The molecule has 34 heavy (non-hydrogen) atoms. The van der Waals surface area contributed by atoms with Crippen molar-refractivity contribution in [2.24, 2.45) is 0 Å². The molecule has 1 aliphatic rings. The lowest BCUT2D eigenvalue weighted by Gasteiger charge is -2.29. The summed E-state index contributed by atoms with van der Waals surface area (Å²) < 4.78 is 12.6. The topological polar surface area (TPSA) is 90.3 Å². The second-order valence-electron chi connectivity index (χ2n) is 7.68. The maximum Gasteiger partial charge on any atom is 0.255 e. The normalized spacial score (nSPS) is 14.9. The van der Waals surface area contributed by atoms with Crippen molar-refractivity contribution in [1.82, 2.24) is 14.8 Å². The maximum absolute atomic E-state index is 13.7. The van der Waals surface area contributed by atoms with E-state index in [1.165, 1.54) is 0 Å². The number of allylic oxidation sites excluding steroid dienone is 1. The third-order valence-corrected chi connectivity index (χ3v) is 6.47. The summed E-state index contributed by atoms with van der Waals surface area (Å²) in [6.07, 6.45) is 0. The molecule has 3 heterocycles. The number of nitrogens with one attached hydrogen (secondary N) is 2. The van der Waals surface area contributed by atoms with E-state index in [4.69, 9.17) is 19.6 Å². The molecule has 8 nitrogen and oxygen atoms in total. The van der Waals surface area contributed by atoms with E-state index in [1.54, 1.807) is 42.4 Å². The van der Waals surface area contributed by atoms with Gasteiger partial charge in [0.1, 0.15) is 17.5 Å². The fourth-order valence-electron chi connectivity index (χ4n) is 4.01. The van der Waals surface area contributed by atoms with E-state index in [2.05, 4.69) is 10.6 Å². The van der Waals surface area contributed by atoms with E-state index >= 15 is 0 Å². The summed E-state index contributed by atoms with van der Waals surface area (Å²) in [5.74, 6) is 2.18. The van der Waals surface area contributed by atoms with Gasteiger partial charge in [-0.1, -0.05) is 30.3 Å². The Morgan fingerprint density at radius 3 is 2.71 bits per heavy atom. The predicted octanol–water partition coefficient (Wildman–Crippen LogP) is 4.95. The molecule has 0 bridgehead atoms. The number of ether oxygens (including phenoxy) is 2. The van der Waals surface area contributed by atoms with Gasteiger partial charge in [0.15, 0.2) is 5.82 Å². The number of methoxy groups -OCH3 is 2. The van der Waals surface area contributed by atoms with Crippen LogP contribution in [0.1, 0.15) is 18.5 Å². The van der Waals surface area contributed by atoms with Crippen molar-refractivity contribution >= 4 is 28.9 Å². The highest BCUT2D eigenvalue weighted by Crippen LogP contribution is 2.38. The van der Waals surface area contributed by atoms with Crippen LogP contribution in [-0.4, -0.2) is 34.9 Å². The van der Waals surface area contributed by atoms with Crippen LogP contribution in [0.5, 0.6) is 11.5 Å². The number of thiophene rings is 1. The first-order valence-electron chi connectivity index (χ1n) is 10.7. The van der Waals surface area contributed by atoms with Gasteiger partial charge in [0, 0.05) is 5.70 Å². The molecule has 2 aromatic carbocycles. The smallest absolute Gasteiger partial charge is 0.255 e. The van der Waals surface area contributed by atoms with E-state index in [0.717, 1.165) is 10.4 Å². The van der Waals surface area contributed by atoms with Crippen LogP contribution in [0.3, 0.4) is 0 Å². The zero-order chi connectivity index (χ0) is 23.7. The molecule has 0 radical (unpaired) electrons. The molecule has 0 spiro atoms. The predicted molar refractivity (Wildman–Crippen MR) is 132 cm³/mol. The molecule has 1 unspecified atom stereocenters. The first-order valence-corrected chi connectivity index (χ1v) is 11.5. The lowest BCUT2D eigenvalue weighted by atomic mass is 9.95. The molecule has 0 aliphatic carbocycles. The monoisotopic (exact) mass is 473 g/mol. The Balaban J connectivity index is 1.61. The summed E-state index contributed by atoms with van der Waals surface area (Å²) in [5, 5.41) is 13.0. The first-order chi connectivity index (χ1) is 16.6. The molecule has 1 atom stereocenters. The van der Waals surface area contributed by atoms with Gasteiger partial charge < -0.3 is 20.1 Å². The zero-order valence-electron chi connectivity index (χ0n) is 18.9. The second kappa shape index (κ2) is 9.03. The molecular weight excluding hydrogens is 450 g/mol. The Morgan fingerprint density at radius 2 is 1.94 bits per heavy atom. The Hall–Kier alpha value is -4.11. The summed E-state index contributed by atoms with van der Waals surface area (Å²) in [5.41, 5.74) is 2.66. The highest BCUT2D eigenvalue weighted by Gasteiger charge is 2.35. The number of rotatable bonds is 6. The van der Waals surface area contributed by atoms with Crippen molar-refractivity contribution in [2.75, 3.05) is 24.9 Å². The lowest BCUT2D eigenvalue weighted by molar-refractivity contribution is -0.113. The fourth-order valence-corrected chi connectivity index (χ4v) is 4.67. The van der Waals surface area contributed by atoms with Gasteiger partial charge in [-0.15, -0.1) is 16.4 Å². The number of aromatic nitrogens is 3. The molecule has 0 saturated heterocycles. The van der Waals surface area contributed by atoms with Gasteiger partial charge in [-0.25, -0.2) is 4.68 Å². The largest absolute Gasteiger partial charge is 0.497 e. The Kier molecular flexibility index (Phi) is 5.77. The van der Waals surface area contributed by atoms with Crippen LogP contribution in [0.4, 0.5) is 11.6 Å². The molecule has 0 saturated carbocycles. The summed E-state index contributed by atoms with van der Waals surface area (Å²) in [6.45, 7) is 1.87. The highest BCUT2D eigenvalue weighted by atomic mass is 32.1. The van der Waals surface area contributed by atoms with Gasteiger partial charge in [-0.3, -0.25) is 4.79 Å². The van der Waals surface area contributed by atoms with Crippen molar-refractivity contribution in [3.8, 4) is 22.2 Å². The minimum atomic E-state index is -0.512. The van der Waals surface area contributed by atoms with Gasteiger partial charge in [0.25, 0.3) is 5.91 Å². The van der Waals surface area contributed by atoms with E-state index in [0.29, 0.717) is 40.2 Å². The molecule has 1 aliphatic heterocycles. The molecular formula is C25H23N5O3S. The van der Waals surface area contributed by atoms with Crippen molar-refractivity contribution in [3.05, 3.63) is 82.9 Å². The Labute approximate surface area is 200 Å². The second-order valence-corrected chi connectivity index (χ2v) is 8.63. The van der Waals surface area contributed by atoms with Crippen LogP contribution >= 0.6 is 11.3 Å². The van der Waals surface area contributed by atoms with Gasteiger partial charge in [-0.2, -0.15) is 4.98 Å². The number of anilines is 2. The zero-order valence-corrected chi connectivity index (χ0v) is 19.7. The third kappa shape index (κ3) is 3.90. The van der Waals surface area contributed by atoms with Gasteiger partial charge in [0.05, 0.1) is 30.4 Å². The van der Waals surface area contributed by atoms with E-state index in [-0.39, 0.29) is 5.91 Å². The molecule has 9 heteroatoms. The fraction of sp³-hybridized carbons (Fsp3) is 0.160. The first kappa shape index (κ1) is 21.7. The van der Waals surface area contributed by atoms with Crippen LogP contribution in [0.15, 0.2) is 77.3 Å². The number of benzene rings is 2. The van der Waals surface area contributed by atoms with Crippen molar-refractivity contribution in [2.45, 2.75) is 13.0 Å². The Bertz CT molecular complexity index is 1380. The number of amides is 1. The molecule has 1 amide bonds. The molecule has 2 N–H and O–H groups in total. The van der Waals surface area contributed by atoms with Gasteiger partial charge in [-0.05, 0) is 48.2 Å². The van der Waals surface area contributed by atoms with Crippen LogP contribution in [0.2, 0.25) is 0 Å². The van der Waals surface area contributed by atoms with Gasteiger partial charge >= 0.3 is 0 Å². The number of para-hydroxylation sites is 2. The van der Waals surface area contributed by atoms with Crippen LogP contribution in [-0.2, 0) is 4.79 Å². The average molecular weight is 474 g/mol. The minimum Gasteiger partial charge on any atom is -0.497 e. The summed E-state index contributed by atoms with van der Waals surface area (Å²) >= 11 is 1.56. The number of hydrogen-bond acceptors (Lipinski definition) is 7. The molecule has 172 valence electrons. The molecule has 4 aromatic rings. The lowest BCUT2D eigenvalue weighted by Crippen LogP contribution is -2.31. The number of nitrogens with zero attached hydrogens (tertiary/aromatic N) is 3. The number of hydrogen-bond donors (Lipinski definition) is 2. The minimum absolute atomic E-state index is 0.263. The Morgan fingerprint density at radius 1 is 1.09 bits per heavy atom. The standard InChI is InChI=1S/C25H23N5O3S/c1-15-21(24(31)27-18-10-4-5-11-19(18)33-3)22(16-8-6-9-17(14-16)32-2)30-25(26-15)28-23(29-30)20-12-7-13-34-20/h4-14,22H,1-3H3,(H,27,31)(H,26,28,29). The van der Waals surface area contributed by atoms with Crippen molar-refractivity contribution < 1.29 is 14.3 Å². The number of carbonyl (C=O) groups is 1. The molecule has 0 fully saturated rings. The van der Waals surface area contributed by atoms with E-state index in [9.17, 15) is 4.79 Å². The summed E-state index contributed by atoms with van der Waals surface area (Å²) in [6, 6.07) is 18.4. The van der Waals surface area contributed by atoms with Crippen LogP contribution in [0.25, 0.3) is 10.7 Å². The maximum atomic E-state index is 13.7. The molecule has 2 aromatic heterocycles. The highest BCUT2D eigenvalue weighted by molar-refractivity contribution is 7.13. The van der Waals surface area contributed by atoms with E-state index in [1.807, 2.05) is 60.8 Å². The summed E-state index contributed by atoms with van der Waals surface area (Å²) in [4.78, 5) is 19.3.